The van der Waals surface area contributed by atoms with Gasteiger partial charge in [-0.25, -0.2) is 0 Å². The van der Waals surface area contributed by atoms with Gasteiger partial charge in [-0.1, -0.05) is 19.9 Å². The van der Waals surface area contributed by atoms with E-state index >= 15 is 0 Å². The molecule has 0 saturated carbocycles. The molecule has 5 heteroatoms. The van der Waals surface area contributed by atoms with Gasteiger partial charge >= 0.3 is 7.12 Å². The predicted octanol–water partition coefficient (Wildman–Crippen LogP) is 3.51. The first kappa shape index (κ1) is 17.5. The zero-order chi connectivity index (χ0) is 17.8. The minimum absolute atomic E-state index is 0.137. The summed E-state index contributed by atoms with van der Waals surface area (Å²) >= 11 is 0. The molecule has 2 aliphatic rings. The van der Waals surface area contributed by atoms with Crippen molar-refractivity contribution >= 4 is 18.4 Å². The lowest BCUT2D eigenvalue weighted by Crippen LogP contribution is -2.42. The van der Waals surface area contributed by atoms with Crippen LogP contribution >= 0.6 is 0 Å². The molecule has 0 amide bonds. The third kappa shape index (κ3) is 2.68. The summed E-state index contributed by atoms with van der Waals surface area (Å²) in [6.45, 7) is 12.2. The van der Waals surface area contributed by atoms with Crippen LogP contribution in [0.25, 0.3) is 0 Å². The number of carbonyl (C=O) groups is 1. The van der Waals surface area contributed by atoms with Crippen LogP contribution in [0.4, 0.5) is 0 Å². The highest BCUT2D eigenvalue weighted by atomic mass is 16.7. The van der Waals surface area contributed by atoms with E-state index in [0.717, 1.165) is 18.3 Å². The number of Topliss-reactive ketones (excluding diaryl/α,β-unsaturated/α-hetero) is 1. The van der Waals surface area contributed by atoms with Crippen molar-refractivity contribution in [3.05, 3.63) is 23.8 Å². The molecule has 0 bridgehead atoms. The quantitative estimate of drug-likeness (QED) is 0.796. The van der Waals surface area contributed by atoms with Crippen LogP contribution in [0.3, 0.4) is 0 Å². The largest absolute Gasteiger partial charge is 0.494 e. The molecule has 1 aromatic rings. The molecule has 4 nitrogen and oxygen atoms in total. The van der Waals surface area contributed by atoms with Crippen LogP contribution in [-0.2, 0) is 9.31 Å². The van der Waals surface area contributed by atoms with E-state index in [2.05, 4.69) is 13.8 Å². The number of carbonyl (C=O) groups excluding carboxylic acids is 1. The predicted molar refractivity (Wildman–Crippen MR) is 95.0 cm³/mol. The molecule has 0 aliphatic carbocycles. The second kappa shape index (κ2) is 5.60. The molecule has 0 atom stereocenters. The molecular formula is C19H27BO4. The van der Waals surface area contributed by atoms with Crippen LogP contribution in [0.15, 0.2) is 18.2 Å². The second-order valence-electron chi connectivity index (χ2n) is 7.94. The Morgan fingerprint density at radius 2 is 1.62 bits per heavy atom. The van der Waals surface area contributed by atoms with Crippen molar-refractivity contribution in [2.45, 2.75) is 77.6 Å². The summed E-state index contributed by atoms with van der Waals surface area (Å²) < 4.78 is 18.4. The van der Waals surface area contributed by atoms with Crippen LogP contribution in [-0.4, -0.2) is 29.7 Å². The van der Waals surface area contributed by atoms with Gasteiger partial charge in [-0.05, 0) is 58.1 Å². The Balaban J connectivity index is 1.92. The van der Waals surface area contributed by atoms with Crippen molar-refractivity contribution in [3.63, 3.8) is 0 Å². The van der Waals surface area contributed by atoms with Crippen molar-refractivity contribution in [2.24, 2.45) is 0 Å². The van der Waals surface area contributed by atoms with Crippen molar-refractivity contribution in [1.82, 2.24) is 0 Å². The SMILES string of the molecule is CCC1(CC)CC(=O)c2cc(B3OC(C)(C)C(C)(C)O3)ccc2O1. The van der Waals surface area contributed by atoms with Crippen LogP contribution in [0.5, 0.6) is 5.75 Å². The Morgan fingerprint density at radius 1 is 1.04 bits per heavy atom. The lowest BCUT2D eigenvalue weighted by atomic mass is 9.76. The number of hydrogen-bond acceptors (Lipinski definition) is 4. The number of ether oxygens (including phenoxy) is 1. The van der Waals surface area contributed by atoms with E-state index < -0.39 is 18.3 Å². The number of fused-ring (bicyclic) bond motifs is 1. The average Bonchev–Trinajstić information content (AvgIpc) is 2.75. The van der Waals surface area contributed by atoms with Gasteiger partial charge in [0, 0.05) is 0 Å². The Morgan fingerprint density at radius 3 is 2.17 bits per heavy atom. The fraction of sp³-hybridized carbons (Fsp3) is 0.632. The smallest absolute Gasteiger partial charge is 0.486 e. The third-order valence-corrected chi connectivity index (χ3v) is 5.93. The summed E-state index contributed by atoms with van der Waals surface area (Å²) in [6, 6.07) is 5.69. The van der Waals surface area contributed by atoms with E-state index in [1.165, 1.54) is 0 Å². The zero-order valence-electron chi connectivity index (χ0n) is 15.6. The molecule has 1 saturated heterocycles. The summed E-state index contributed by atoms with van der Waals surface area (Å²) in [5.41, 5.74) is 0.349. The highest BCUT2D eigenvalue weighted by molar-refractivity contribution is 6.62. The molecule has 1 fully saturated rings. The highest BCUT2D eigenvalue weighted by Gasteiger charge is 2.52. The first-order valence-corrected chi connectivity index (χ1v) is 8.85. The normalized spacial score (nSPS) is 23.8. The molecule has 130 valence electrons. The van der Waals surface area contributed by atoms with Gasteiger partial charge in [0.1, 0.15) is 11.4 Å². The van der Waals surface area contributed by atoms with Crippen LogP contribution in [0.1, 0.15) is 71.2 Å². The molecule has 1 aromatic carbocycles. The van der Waals surface area contributed by atoms with Gasteiger partial charge in [-0.3, -0.25) is 4.79 Å². The van der Waals surface area contributed by atoms with Gasteiger partial charge in [0.15, 0.2) is 5.78 Å². The highest BCUT2D eigenvalue weighted by Crippen LogP contribution is 2.39. The van der Waals surface area contributed by atoms with Gasteiger partial charge in [0.25, 0.3) is 0 Å². The fourth-order valence-corrected chi connectivity index (χ4v) is 3.28. The van der Waals surface area contributed by atoms with Crippen molar-refractivity contribution in [3.8, 4) is 5.75 Å². The van der Waals surface area contributed by atoms with E-state index in [1.807, 2.05) is 45.9 Å². The van der Waals surface area contributed by atoms with Crippen molar-refractivity contribution < 1.29 is 18.8 Å². The first-order chi connectivity index (χ1) is 11.1. The Kier molecular flexibility index (Phi) is 4.08. The van der Waals surface area contributed by atoms with E-state index in [0.29, 0.717) is 17.7 Å². The Labute approximate surface area is 145 Å². The van der Waals surface area contributed by atoms with Crippen LogP contribution < -0.4 is 10.2 Å². The average molecular weight is 330 g/mol. The van der Waals surface area contributed by atoms with Gasteiger partial charge in [0.05, 0.1) is 23.2 Å². The van der Waals surface area contributed by atoms with Crippen LogP contribution in [0.2, 0.25) is 0 Å². The molecule has 0 radical (unpaired) electrons. The third-order valence-electron chi connectivity index (χ3n) is 5.93. The first-order valence-electron chi connectivity index (χ1n) is 8.85. The molecule has 2 heterocycles. The van der Waals surface area contributed by atoms with E-state index in [-0.39, 0.29) is 11.4 Å². The van der Waals surface area contributed by atoms with E-state index in [1.54, 1.807) is 0 Å². The summed E-state index contributed by atoms with van der Waals surface area (Å²) in [7, 11) is -0.461. The summed E-state index contributed by atoms with van der Waals surface area (Å²) in [5.74, 6) is 0.813. The maximum absolute atomic E-state index is 12.7. The minimum Gasteiger partial charge on any atom is -0.486 e. The maximum Gasteiger partial charge on any atom is 0.494 e. The second-order valence-corrected chi connectivity index (χ2v) is 7.94. The molecule has 3 rings (SSSR count). The topological polar surface area (TPSA) is 44.8 Å². The summed E-state index contributed by atoms with van der Waals surface area (Å²) in [5, 5.41) is 0. The molecule has 24 heavy (non-hydrogen) atoms. The molecule has 2 aliphatic heterocycles. The molecule has 0 aromatic heterocycles. The number of rotatable bonds is 3. The van der Waals surface area contributed by atoms with Crippen LogP contribution in [0, 0.1) is 0 Å². The molecule has 0 unspecified atom stereocenters. The van der Waals surface area contributed by atoms with E-state index in [4.69, 9.17) is 14.0 Å². The standard InChI is InChI=1S/C19H27BO4/c1-7-19(8-2)12-15(21)14-11-13(9-10-16(14)22-19)20-23-17(3,4)18(5,6)24-20/h9-11H,7-8,12H2,1-6H3. The molecular weight excluding hydrogens is 303 g/mol. The van der Waals surface area contributed by atoms with Gasteiger partial charge in [0.2, 0.25) is 0 Å². The summed E-state index contributed by atoms with van der Waals surface area (Å²) in [6.07, 6.45) is 2.08. The maximum atomic E-state index is 12.7. The van der Waals surface area contributed by atoms with Crippen molar-refractivity contribution in [1.29, 1.82) is 0 Å². The molecule has 0 spiro atoms. The number of ketones is 1. The fourth-order valence-electron chi connectivity index (χ4n) is 3.28. The van der Waals surface area contributed by atoms with Crippen molar-refractivity contribution in [2.75, 3.05) is 0 Å². The van der Waals surface area contributed by atoms with E-state index in [9.17, 15) is 4.79 Å². The zero-order valence-corrected chi connectivity index (χ0v) is 15.6. The number of benzene rings is 1. The monoisotopic (exact) mass is 330 g/mol. The Hall–Kier alpha value is -1.33. The minimum atomic E-state index is -0.461. The van der Waals surface area contributed by atoms with Gasteiger partial charge < -0.3 is 14.0 Å². The summed E-state index contributed by atoms with van der Waals surface area (Å²) in [4.78, 5) is 12.7. The lowest BCUT2D eigenvalue weighted by Gasteiger charge is -2.36. The van der Waals surface area contributed by atoms with Gasteiger partial charge in [-0.15, -0.1) is 0 Å². The van der Waals surface area contributed by atoms with Gasteiger partial charge in [-0.2, -0.15) is 0 Å². The Bertz CT molecular complexity index is 645. The number of hydrogen-bond donors (Lipinski definition) is 0. The lowest BCUT2D eigenvalue weighted by molar-refractivity contribution is 0.00578. The molecule has 0 N–H and O–H groups in total.